The lowest BCUT2D eigenvalue weighted by Crippen LogP contribution is -2.05. The Morgan fingerprint density at radius 1 is 0.850 bits per heavy atom. The first kappa shape index (κ1) is 12.5. The van der Waals surface area contributed by atoms with Crippen molar-refractivity contribution in [2.24, 2.45) is 0 Å². The summed E-state index contributed by atoms with van der Waals surface area (Å²) in [6.45, 7) is 1.44. The summed E-state index contributed by atoms with van der Waals surface area (Å²) in [5, 5.41) is 4.19. The lowest BCUT2D eigenvalue weighted by Gasteiger charge is -2.07. The van der Waals surface area contributed by atoms with Crippen LogP contribution < -0.4 is 0 Å². The zero-order valence-electron chi connectivity index (χ0n) is 11.2. The minimum Gasteiger partial charge on any atom is -0.300 e. The van der Waals surface area contributed by atoms with E-state index >= 15 is 0 Å². The van der Waals surface area contributed by atoms with Gasteiger partial charge in [-0.15, -0.1) is 0 Å². The number of benzene rings is 3. The maximum absolute atomic E-state index is 12.2. The SMILES string of the molecule is CC(=O)CC(=O)c1cccc2cc3ccccc3cc12. The maximum Gasteiger partial charge on any atom is 0.170 e. The van der Waals surface area contributed by atoms with Gasteiger partial charge in [0.25, 0.3) is 0 Å². The molecule has 0 amide bonds. The summed E-state index contributed by atoms with van der Waals surface area (Å²) in [4.78, 5) is 23.3. The molecule has 3 rings (SSSR count). The van der Waals surface area contributed by atoms with Gasteiger partial charge >= 0.3 is 0 Å². The summed E-state index contributed by atoms with van der Waals surface area (Å²) in [7, 11) is 0. The standard InChI is InChI=1S/C18H14O2/c1-12(19)9-18(20)16-8-4-7-15-10-13-5-2-3-6-14(13)11-17(15)16/h2-8,10-11H,9H2,1H3. The van der Waals surface area contributed by atoms with Gasteiger partial charge in [-0.3, -0.25) is 9.59 Å². The number of fused-ring (bicyclic) bond motifs is 2. The average molecular weight is 262 g/mol. The molecule has 3 aromatic rings. The van der Waals surface area contributed by atoms with Gasteiger partial charge in [-0.1, -0.05) is 42.5 Å². The fourth-order valence-electron chi connectivity index (χ4n) is 2.53. The van der Waals surface area contributed by atoms with E-state index < -0.39 is 0 Å². The summed E-state index contributed by atoms with van der Waals surface area (Å²) in [5.74, 6) is -0.217. The van der Waals surface area contributed by atoms with Crippen molar-refractivity contribution in [1.29, 1.82) is 0 Å². The van der Waals surface area contributed by atoms with Gasteiger partial charge in [-0.2, -0.15) is 0 Å². The zero-order chi connectivity index (χ0) is 14.1. The Bertz CT molecular complexity index is 831. The third-order valence-electron chi connectivity index (χ3n) is 3.46. The molecule has 0 aliphatic rings. The summed E-state index contributed by atoms with van der Waals surface area (Å²) in [6, 6.07) is 17.8. The normalized spacial score (nSPS) is 10.8. The van der Waals surface area contributed by atoms with Crippen LogP contribution in [0.1, 0.15) is 23.7 Å². The highest BCUT2D eigenvalue weighted by Gasteiger charge is 2.12. The second-order valence-corrected chi connectivity index (χ2v) is 5.03. The number of ketones is 2. The predicted octanol–water partition coefficient (Wildman–Crippen LogP) is 4.15. The Morgan fingerprint density at radius 2 is 1.50 bits per heavy atom. The second-order valence-electron chi connectivity index (χ2n) is 5.03. The molecule has 0 saturated carbocycles. The molecule has 0 N–H and O–H groups in total. The smallest absolute Gasteiger partial charge is 0.170 e. The van der Waals surface area contributed by atoms with E-state index in [1.807, 2.05) is 36.4 Å². The second kappa shape index (κ2) is 4.89. The zero-order valence-corrected chi connectivity index (χ0v) is 11.2. The van der Waals surface area contributed by atoms with Crippen LogP contribution in [0, 0.1) is 0 Å². The van der Waals surface area contributed by atoms with E-state index in [0.29, 0.717) is 5.56 Å². The van der Waals surface area contributed by atoms with Crippen LogP contribution in [-0.4, -0.2) is 11.6 Å². The molecular formula is C18H14O2. The molecule has 0 aliphatic heterocycles. The lowest BCUT2D eigenvalue weighted by atomic mass is 9.96. The van der Waals surface area contributed by atoms with Gasteiger partial charge in [0, 0.05) is 5.56 Å². The number of hydrogen-bond acceptors (Lipinski definition) is 2. The average Bonchev–Trinajstić information content (AvgIpc) is 2.43. The third-order valence-corrected chi connectivity index (χ3v) is 3.46. The Labute approximate surface area is 117 Å². The van der Waals surface area contributed by atoms with Crippen molar-refractivity contribution in [3.63, 3.8) is 0 Å². The van der Waals surface area contributed by atoms with E-state index in [-0.39, 0.29) is 18.0 Å². The van der Waals surface area contributed by atoms with Crippen molar-refractivity contribution in [2.75, 3.05) is 0 Å². The molecule has 0 heterocycles. The van der Waals surface area contributed by atoms with Gasteiger partial charge in [-0.05, 0) is 40.6 Å². The highest BCUT2D eigenvalue weighted by molar-refractivity contribution is 6.15. The highest BCUT2D eigenvalue weighted by atomic mass is 16.1. The molecule has 2 heteroatoms. The molecule has 98 valence electrons. The molecule has 0 radical (unpaired) electrons. The van der Waals surface area contributed by atoms with Crippen LogP contribution in [0.4, 0.5) is 0 Å². The molecule has 0 saturated heterocycles. The summed E-state index contributed by atoms with van der Waals surface area (Å²) in [6.07, 6.45) is -0.0358. The largest absolute Gasteiger partial charge is 0.300 e. The Kier molecular flexibility index (Phi) is 3.07. The number of Topliss-reactive ketones (excluding diaryl/α,β-unsaturated/α-hetero) is 2. The Balaban J connectivity index is 2.25. The molecule has 0 aromatic heterocycles. The number of rotatable bonds is 3. The maximum atomic E-state index is 12.2. The molecule has 2 nitrogen and oxygen atoms in total. The van der Waals surface area contributed by atoms with Crippen LogP contribution in [0.2, 0.25) is 0 Å². The summed E-state index contributed by atoms with van der Waals surface area (Å²) < 4.78 is 0. The molecule has 0 spiro atoms. The molecule has 0 fully saturated rings. The molecule has 0 bridgehead atoms. The van der Waals surface area contributed by atoms with E-state index in [1.165, 1.54) is 6.92 Å². The van der Waals surface area contributed by atoms with Crippen molar-refractivity contribution in [2.45, 2.75) is 13.3 Å². The first-order chi connectivity index (χ1) is 9.65. The van der Waals surface area contributed by atoms with Crippen molar-refractivity contribution < 1.29 is 9.59 Å². The summed E-state index contributed by atoms with van der Waals surface area (Å²) in [5.41, 5.74) is 0.628. The van der Waals surface area contributed by atoms with E-state index in [9.17, 15) is 9.59 Å². The highest BCUT2D eigenvalue weighted by Crippen LogP contribution is 2.26. The third kappa shape index (κ3) is 2.21. The van der Waals surface area contributed by atoms with Gasteiger partial charge < -0.3 is 0 Å². The van der Waals surface area contributed by atoms with Crippen LogP contribution in [-0.2, 0) is 4.79 Å². The summed E-state index contributed by atoms with van der Waals surface area (Å²) >= 11 is 0. The van der Waals surface area contributed by atoms with Crippen molar-refractivity contribution >= 4 is 33.1 Å². The molecule has 20 heavy (non-hydrogen) atoms. The molecule has 0 aliphatic carbocycles. The van der Waals surface area contributed by atoms with Crippen LogP contribution in [0.15, 0.2) is 54.6 Å². The van der Waals surface area contributed by atoms with Crippen LogP contribution in [0.3, 0.4) is 0 Å². The van der Waals surface area contributed by atoms with Crippen molar-refractivity contribution in [3.05, 3.63) is 60.2 Å². The first-order valence-electron chi connectivity index (χ1n) is 6.59. The van der Waals surface area contributed by atoms with Crippen molar-refractivity contribution in [3.8, 4) is 0 Å². The van der Waals surface area contributed by atoms with Crippen LogP contribution in [0.5, 0.6) is 0 Å². The fraction of sp³-hybridized carbons (Fsp3) is 0.111. The lowest BCUT2D eigenvalue weighted by molar-refractivity contribution is -0.116. The molecular weight excluding hydrogens is 248 g/mol. The van der Waals surface area contributed by atoms with Crippen LogP contribution >= 0.6 is 0 Å². The minimum atomic E-state index is -0.113. The van der Waals surface area contributed by atoms with E-state index in [4.69, 9.17) is 0 Å². The topological polar surface area (TPSA) is 34.1 Å². The van der Waals surface area contributed by atoms with Gasteiger partial charge in [0.15, 0.2) is 5.78 Å². The van der Waals surface area contributed by atoms with E-state index in [1.54, 1.807) is 6.07 Å². The van der Waals surface area contributed by atoms with E-state index in [2.05, 4.69) is 12.1 Å². The molecule has 0 atom stereocenters. The molecule has 3 aromatic carbocycles. The van der Waals surface area contributed by atoms with Gasteiger partial charge in [-0.25, -0.2) is 0 Å². The van der Waals surface area contributed by atoms with Gasteiger partial charge in [0.05, 0.1) is 6.42 Å². The number of hydrogen-bond donors (Lipinski definition) is 0. The number of carbonyl (C=O) groups is 2. The monoisotopic (exact) mass is 262 g/mol. The van der Waals surface area contributed by atoms with E-state index in [0.717, 1.165) is 21.5 Å². The number of carbonyl (C=O) groups excluding carboxylic acids is 2. The van der Waals surface area contributed by atoms with Crippen LogP contribution in [0.25, 0.3) is 21.5 Å². The quantitative estimate of drug-likeness (QED) is 0.403. The van der Waals surface area contributed by atoms with Crippen molar-refractivity contribution in [1.82, 2.24) is 0 Å². The predicted molar refractivity (Wildman–Crippen MR) is 81.1 cm³/mol. The Hall–Kier alpha value is -2.48. The minimum absolute atomic E-state index is 0.0358. The molecule has 0 unspecified atom stereocenters. The van der Waals surface area contributed by atoms with Gasteiger partial charge in [0.2, 0.25) is 0 Å². The Morgan fingerprint density at radius 3 is 2.20 bits per heavy atom. The fourth-order valence-corrected chi connectivity index (χ4v) is 2.53. The van der Waals surface area contributed by atoms with Gasteiger partial charge in [0.1, 0.15) is 5.78 Å². The first-order valence-corrected chi connectivity index (χ1v) is 6.59.